The summed E-state index contributed by atoms with van der Waals surface area (Å²) in [7, 11) is 0. The molecule has 0 bridgehead atoms. The van der Waals surface area contributed by atoms with Crippen molar-refractivity contribution in [3.63, 3.8) is 0 Å². The second-order valence-corrected chi connectivity index (χ2v) is 6.82. The first-order valence-corrected chi connectivity index (χ1v) is 8.70. The van der Waals surface area contributed by atoms with Crippen LogP contribution in [-0.4, -0.2) is 30.5 Å². The molecule has 3 heteroatoms. The summed E-state index contributed by atoms with van der Waals surface area (Å²) in [4.78, 5) is 14.4. The molecule has 0 spiro atoms. The van der Waals surface area contributed by atoms with E-state index in [0.29, 0.717) is 18.9 Å². The quantitative estimate of drug-likeness (QED) is 0.774. The highest BCUT2D eigenvalue weighted by atomic mass is 16.5. The fourth-order valence-corrected chi connectivity index (χ4v) is 3.89. The zero-order valence-electron chi connectivity index (χ0n) is 13.6. The van der Waals surface area contributed by atoms with Crippen molar-refractivity contribution in [2.75, 3.05) is 19.7 Å². The monoisotopic (exact) mass is 301 g/mol. The average Bonchev–Trinajstić information content (AvgIpc) is 2.97. The fraction of sp³-hybridized carbons (Fsp3) is 0.632. The summed E-state index contributed by atoms with van der Waals surface area (Å²) in [6.45, 7) is 4.67. The zero-order chi connectivity index (χ0) is 15.4. The highest BCUT2D eigenvalue weighted by molar-refractivity contribution is 5.76. The number of fused-ring (bicyclic) bond motifs is 1. The molecule has 0 aromatic heterocycles. The lowest BCUT2D eigenvalue weighted by Gasteiger charge is -2.22. The van der Waals surface area contributed by atoms with E-state index >= 15 is 0 Å². The van der Waals surface area contributed by atoms with Gasteiger partial charge >= 0.3 is 0 Å². The van der Waals surface area contributed by atoms with Crippen LogP contribution in [0.4, 0.5) is 0 Å². The molecule has 22 heavy (non-hydrogen) atoms. The van der Waals surface area contributed by atoms with Gasteiger partial charge in [0.2, 0.25) is 5.91 Å². The number of nitrogens with zero attached hydrogens (tertiary/aromatic N) is 1. The van der Waals surface area contributed by atoms with Crippen LogP contribution in [0.1, 0.15) is 44.1 Å². The Morgan fingerprint density at radius 2 is 1.86 bits per heavy atom. The van der Waals surface area contributed by atoms with Gasteiger partial charge in [-0.1, -0.05) is 31.0 Å². The van der Waals surface area contributed by atoms with Crippen molar-refractivity contribution in [2.24, 2.45) is 11.8 Å². The summed E-state index contributed by atoms with van der Waals surface area (Å²) in [6.07, 6.45) is 6.78. The van der Waals surface area contributed by atoms with Crippen LogP contribution in [0.2, 0.25) is 0 Å². The lowest BCUT2D eigenvalue weighted by atomic mass is 9.82. The minimum Gasteiger partial charge on any atom is -0.493 e. The van der Waals surface area contributed by atoms with Crippen molar-refractivity contribution < 1.29 is 9.53 Å². The van der Waals surface area contributed by atoms with E-state index in [-0.39, 0.29) is 0 Å². The first-order chi connectivity index (χ1) is 10.7. The van der Waals surface area contributed by atoms with Crippen LogP contribution in [-0.2, 0) is 4.79 Å². The molecule has 1 aromatic carbocycles. The molecule has 3 rings (SSSR count). The van der Waals surface area contributed by atoms with E-state index in [1.165, 1.54) is 25.7 Å². The van der Waals surface area contributed by atoms with Crippen LogP contribution < -0.4 is 4.74 Å². The molecule has 120 valence electrons. The van der Waals surface area contributed by atoms with Crippen molar-refractivity contribution in [3.8, 4) is 5.75 Å². The molecule has 3 nitrogen and oxygen atoms in total. The highest BCUT2D eigenvalue weighted by Gasteiger charge is 2.35. The molecule has 1 saturated heterocycles. The summed E-state index contributed by atoms with van der Waals surface area (Å²) in [6, 6.07) is 8.03. The van der Waals surface area contributed by atoms with Crippen LogP contribution in [0.5, 0.6) is 5.75 Å². The Hall–Kier alpha value is -1.51. The molecule has 1 aromatic rings. The van der Waals surface area contributed by atoms with Crippen molar-refractivity contribution in [1.29, 1.82) is 0 Å². The van der Waals surface area contributed by atoms with Crippen molar-refractivity contribution in [1.82, 2.24) is 4.90 Å². The lowest BCUT2D eigenvalue weighted by Crippen LogP contribution is -2.29. The summed E-state index contributed by atoms with van der Waals surface area (Å²) < 4.78 is 5.77. The van der Waals surface area contributed by atoms with Gasteiger partial charge in [0.25, 0.3) is 0 Å². The van der Waals surface area contributed by atoms with Gasteiger partial charge < -0.3 is 9.64 Å². The Morgan fingerprint density at radius 1 is 1.18 bits per heavy atom. The Bertz CT molecular complexity index is 500. The molecule has 2 aliphatic rings. The number of carbonyl (C=O) groups excluding carboxylic acids is 1. The molecule has 2 fully saturated rings. The first-order valence-electron chi connectivity index (χ1n) is 8.70. The summed E-state index contributed by atoms with van der Waals surface area (Å²) in [5, 5.41) is 0. The van der Waals surface area contributed by atoms with E-state index in [1.807, 2.05) is 31.2 Å². The zero-order valence-corrected chi connectivity index (χ0v) is 13.6. The number of rotatable bonds is 5. The average molecular weight is 301 g/mol. The molecule has 2 unspecified atom stereocenters. The Labute approximate surface area is 133 Å². The Kier molecular flexibility index (Phi) is 5.01. The molecule has 1 saturated carbocycles. The maximum absolute atomic E-state index is 12.3. The first kappa shape index (κ1) is 15.4. The largest absolute Gasteiger partial charge is 0.493 e. The van der Waals surface area contributed by atoms with Crippen molar-refractivity contribution in [2.45, 2.75) is 45.4 Å². The topological polar surface area (TPSA) is 29.5 Å². The number of ether oxygens (including phenoxy) is 1. The van der Waals surface area contributed by atoms with Crippen LogP contribution in [0.15, 0.2) is 24.3 Å². The normalized spacial score (nSPS) is 24.1. The maximum atomic E-state index is 12.3. The number of likely N-dealkylation sites (tertiary alicyclic amines) is 1. The van der Waals surface area contributed by atoms with Crippen LogP contribution >= 0.6 is 0 Å². The molecule has 0 radical (unpaired) electrons. The van der Waals surface area contributed by atoms with Crippen molar-refractivity contribution >= 4 is 5.91 Å². The van der Waals surface area contributed by atoms with Crippen molar-refractivity contribution in [3.05, 3.63) is 29.8 Å². The minimum absolute atomic E-state index is 0.322. The van der Waals surface area contributed by atoms with Gasteiger partial charge in [0.15, 0.2) is 0 Å². The number of aryl methyl sites for hydroxylation is 1. The number of hydrogen-bond donors (Lipinski definition) is 0. The smallest absolute Gasteiger partial charge is 0.222 e. The second kappa shape index (κ2) is 7.17. The van der Waals surface area contributed by atoms with Gasteiger partial charge in [-0.3, -0.25) is 4.79 Å². The molecule has 1 heterocycles. The number of amides is 1. The lowest BCUT2D eigenvalue weighted by molar-refractivity contribution is -0.130. The maximum Gasteiger partial charge on any atom is 0.222 e. The third-order valence-electron chi connectivity index (χ3n) is 5.22. The third-order valence-corrected chi connectivity index (χ3v) is 5.22. The van der Waals surface area contributed by atoms with Gasteiger partial charge in [0, 0.05) is 19.5 Å². The van der Waals surface area contributed by atoms with E-state index in [9.17, 15) is 4.79 Å². The summed E-state index contributed by atoms with van der Waals surface area (Å²) in [5.74, 6) is 2.81. The van der Waals surface area contributed by atoms with E-state index < -0.39 is 0 Å². The van der Waals surface area contributed by atoms with Crippen LogP contribution in [0.25, 0.3) is 0 Å². The molecule has 0 N–H and O–H groups in total. The van der Waals surface area contributed by atoms with Crippen LogP contribution in [0.3, 0.4) is 0 Å². The highest BCUT2D eigenvalue weighted by Crippen LogP contribution is 2.36. The number of carbonyl (C=O) groups is 1. The third kappa shape index (κ3) is 3.63. The van der Waals surface area contributed by atoms with E-state index in [4.69, 9.17) is 4.74 Å². The van der Waals surface area contributed by atoms with Gasteiger partial charge in [0.05, 0.1) is 6.61 Å². The molecular weight excluding hydrogens is 274 g/mol. The Balaban J connectivity index is 1.39. The fourth-order valence-electron chi connectivity index (χ4n) is 3.89. The van der Waals surface area contributed by atoms with E-state index in [0.717, 1.165) is 42.7 Å². The second-order valence-electron chi connectivity index (χ2n) is 6.82. The number of benzene rings is 1. The number of hydrogen-bond acceptors (Lipinski definition) is 2. The van der Waals surface area contributed by atoms with Gasteiger partial charge in [-0.05, 0) is 49.7 Å². The number of para-hydroxylation sites is 1. The van der Waals surface area contributed by atoms with Gasteiger partial charge in [0.1, 0.15) is 5.75 Å². The van der Waals surface area contributed by atoms with E-state index in [1.54, 1.807) is 0 Å². The predicted molar refractivity (Wildman–Crippen MR) is 87.9 cm³/mol. The van der Waals surface area contributed by atoms with E-state index in [2.05, 4.69) is 4.90 Å². The van der Waals surface area contributed by atoms with Gasteiger partial charge in [-0.25, -0.2) is 0 Å². The molecule has 1 aliphatic heterocycles. The molecule has 2 atom stereocenters. The van der Waals surface area contributed by atoms with Gasteiger partial charge in [-0.2, -0.15) is 0 Å². The summed E-state index contributed by atoms with van der Waals surface area (Å²) >= 11 is 0. The Morgan fingerprint density at radius 3 is 2.55 bits per heavy atom. The standard InChI is InChI=1S/C19H27NO2/c1-15-7-2-5-10-18(15)22-12-6-11-19(21)20-13-16-8-3-4-9-17(16)14-20/h2,5,7,10,16-17H,3-4,6,8-9,11-14H2,1H3. The molecular formula is C19H27NO2. The molecule has 1 aliphatic carbocycles. The predicted octanol–water partition coefficient (Wildman–Crippen LogP) is 3.80. The molecule has 1 amide bonds. The summed E-state index contributed by atoms with van der Waals surface area (Å²) in [5.41, 5.74) is 1.15. The minimum atomic E-state index is 0.322. The SMILES string of the molecule is Cc1ccccc1OCCCC(=O)N1CC2CCCCC2C1. The van der Waals surface area contributed by atoms with Crippen LogP contribution in [0, 0.1) is 18.8 Å². The van der Waals surface area contributed by atoms with Gasteiger partial charge in [-0.15, -0.1) is 0 Å².